The topological polar surface area (TPSA) is 27.7 Å². The van der Waals surface area contributed by atoms with Crippen molar-refractivity contribution in [3.05, 3.63) is 11.1 Å². The average Bonchev–Trinajstić information content (AvgIpc) is 2.16. The van der Waals surface area contributed by atoms with Gasteiger partial charge in [0.2, 0.25) is 0 Å². The van der Waals surface area contributed by atoms with Gasteiger partial charge >= 0.3 is 0 Å². The van der Waals surface area contributed by atoms with Gasteiger partial charge in [-0.25, -0.2) is 0 Å². The Kier molecular flexibility index (Phi) is 3.74. The Morgan fingerprint density at radius 2 is 2.12 bits per heavy atom. The van der Waals surface area contributed by atoms with E-state index in [1.54, 1.807) is 0 Å². The molecule has 0 N–H and O–H groups in total. The number of halogens is 1. The van der Waals surface area contributed by atoms with Crippen molar-refractivity contribution in [3.8, 4) is 0 Å². The summed E-state index contributed by atoms with van der Waals surface area (Å²) in [7, 11) is 0. The van der Waals surface area contributed by atoms with Crippen LogP contribution in [0.3, 0.4) is 0 Å². The van der Waals surface area contributed by atoms with E-state index in [-0.39, 0.29) is 18.3 Å². The Morgan fingerprint density at radius 1 is 1.38 bits per heavy atom. The predicted octanol–water partition coefficient (Wildman–Crippen LogP) is 2.98. The molecular weight excluding hydrogens is 272 g/mol. The first-order valence-corrected chi connectivity index (χ1v) is 6.56. The van der Waals surface area contributed by atoms with Crippen molar-refractivity contribution in [1.29, 1.82) is 0 Å². The van der Waals surface area contributed by atoms with Crippen LogP contribution in [0, 0.1) is 0 Å². The molecule has 0 saturated carbocycles. The molecule has 0 bridgehead atoms. The maximum absolute atomic E-state index is 5.95. The van der Waals surface area contributed by atoms with E-state index in [1.165, 1.54) is 0 Å². The van der Waals surface area contributed by atoms with Gasteiger partial charge in [-0.05, 0) is 31.2 Å². The van der Waals surface area contributed by atoms with Gasteiger partial charge in [0.25, 0.3) is 0 Å². The molecular formula is C12H19BrO3. The lowest BCUT2D eigenvalue weighted by atomic mass is 9.98. The third-order valence-corrected chi connectivity index (χ3v) is 3.36. The summed E-state index contributed by atoms with van der Waals surface area (Å²) in [5, 5.41) is 0. The maximum Gasteiger partial charge on any atom is 0.163 e. The van der Waals surface area contributed by atoms with E-state index in [2.05, 4.69) is 22.5 Å². The molecule has 2 aliphatic rings. The molecule has 0 aliphatic carbocycles. The monoisotopic (exact) mass is 290 g/mol. The average molecular weight is 291 g/mol. The summed E-state index contributed by atoms with van der Waals surface area (Å²) in [6.45, 7) is 8.39. The number of hydrogen-bond acceptors (Lipinski definition) is 3. The molecule has 16 heavy (non-hydrogen) atoms. The first-order valence-electron chi connectivity index (χ1n) is 5.77. The van der Waals surface area contributed by atoms with Crippen LogP contribution in [-0.4, -0.2) is 30.7 Å². The van der Waals surface area contributed by atoms with Crippen molar-refractivity contribution >= 4 is 15.9 Å². The summed E-state index contributed by atoms with van der Waals surface area (Å²) in [5.41, 5.74) is 0. The van der Waals surface area contributed by atoms with E-state index in [1.807, 2.05) is 13.8 Å². The Balaban J connectivity index is 1.90. The zero-order valence-corrected chi connectivity index (χ0v) is 11.5. The molecule has 0 aromatic heterocycles. The highest BCUT2D eigenvalue weighted by Crippen LogP contribution is 2.33. The number of rotatable bonds is 2. The first kappa shape index (κ1) is 12.6. The van der Waals surface area contributed by atoms with Crippen molar-refractivity contribution in [3.63, 3.8) is 0 Å². The summed E-state index contributed by atoms with van der Waals surface area (Å²) >= 11 is 3.38. The van der Waals surface area contributed by atoms with E-state index in [0.717, 1.165) is 23.7 Å². The normalized spacial score (nSPS) is 37.8. The van der Waals surface area contributed by atoms with Crippen molar-refractivity contribution < 1.29 is 14.2 Å². The molecule has 2 heterocycles. The third kappa shape index (κ3) is 3.06. The fourth-order valence-corrected chi connectivity index (χ4v) is 2.66. The molecule has 92 valence electrons. The second-order valence-corrected chi connectivity index (χ2v) is 6.08. The van der Waals surface area contributed by atoms with Crippen LogP contribution in [0.5, 0.6) is 0 Å². The summed E-state index contributed by atoms with van der Waals surface area (Å²) in [6.07, 6.45) is 3.46. The van der Waals surface area contributed by atoms with Crippen molar-refractivity contribution in [1.82, 2.24) is 0 Å². The van der Waals surface area contributed by atoms with E-state index in [9.17, 15) is 0 Å². The van der Waals surface area contributed by atoms with Crippen molar-refractivity contribution in [2.75, 3.05) is 6.61 Å². The van der Waals surface area contributed by atoms with Gasteiger partial charge in [0.1, 0.15) is 6.10 Å². The molecule has 0 spiro atoms. The molecule has 2 saturated heterocycles. The minimum absolute atomic E-state index is 0.0821. The fraction of sp³-hybridized carbons (Fsp3) is 0.833. The quantitative estimate of drug-likeness (QED) is 0.783. The minimum Gasteiger partial charge on any atom is -0.370 e. The molecule has 0 aromatic carbocycles. The van der Waals surface area contributed by atoms with Crippen molar-refractivity contribution in [2.24, 2.45) is 0 Å². The molecule has 0 aromatic rings. The van der Waals surface area contributed by atoms with Crippen LogP contribution >= 0.6 is 15.9 Å². The van der Waals surface area contributed by atoms with E-state index in [4.69, 9.17) is 14.2 Å². The van der Waals surface area contributed by atoms with Gasteiger partial charge in [0.15, 0.2) is 5.79 Å². The fourth-order valence-electron chi connectivity index (χ4n) is 2.30. The Morgan fingerprint density at radius 3 is 2.81 bits per heavy atom. The highest BCUT2D eigenvalue weighted by Gasteiger charge is 2.40. The highest BCUT2D eigenvalue weighted by atomic mass is 79.9. The van der Waals surface area contributed by atoms with Gasteiger partial charge < -0.3 is 14.2 Å². The van der Waals surface area contributed by atoms with Gasteiger partial charge in [0, 0.05) is 6.42 Å². The lowest BCUT2D eigenvalue weighted by Gasteiger charge is -2.45. The van der Waals surface area contributed by atoms with Crippen LogP contribution in [0.4, 0.5) is 0 Å². The van der Waals surface area contributed by atoms with E-state index >= 15 is 0 Å². The van der Waals surface area contributed by atoms with Crippen LogP contribution in [0.1, 0.15) is 33.1 Å². The maximum atomic E-state index is 5.95. The smallest absolute Gasteiger partial charge is 0.163 e. The molecule has 4 heteroatoms. The van der Waals surface area contributed by atoms with Crippen LogP contribution in [-0.2, 0) is 14.2 Å². The van der Waals surface area contributed by atoms with Gasteiger partial charge in [-0.15, -0.1) is 0 Å². The molecule has 0 unspecified atom stereocenters. The van der Waals surface area contributed by atoms with Gasteiger partial charge in [-0.1, -0.05) is 22.5 Å². The molecule has 2 rings (SSSR count). The molecule has 3 nitrogen and oxygen atoms in total. The molecule has 0 radical (unpaired) electrons. The van der Waals surface area contributed by atoms with Gasteiger partial charge in [-0.2, -0.15) is 0 Å². The number of hydrogen-bond donors (Lipinski definition) is 0. The SMILES string of the molecule is C=C(Br)C[C@@H]1CC[C@@H]2OC(C)(C)OC[C@H]2O1. The first-order chi connectivity index (χ1) is 7.46. The minimum atomic E-state index is -0.462. The number of ether oxygens (including phenoxy) is 3. The van der Waals surface area contributed by atoms with Crippen LogP contribution in [0.2, 0.25) is 0 Å². The molecule has 2 aliphatic heterocycles. The summed E-state index contributed by atoms with van der Waals surface area (Å²) in [4.78, 5) is 0. The zero-order valence-electron chi connectivity index (χ0n) is 9.87. The second-order valence-electron chi connectivity index (χ2n) is 4.96. The van der Waals surface area contributed by atoms with Crippen LogP contribution in [0.25, 0.3) is 0 Å². The van der Waals surface area contributed by atoms with Gasteiger partial charge in [-0.3, -0.25) is 0 Å². The van der Waals surface area contributed by atoms with E-state index in [0.29, 0.717) is 6.61 Å². The molecule has 0 amide bonds. The standard InChI is InChI=1S/C12H19BrO3/c1-8(13)6-9-4-5-10-11(15-9)7-14-12(2,3)16-10/h9-11H,1,4-7H2,2-3H3/t9-,10-,11+/m0/s1. The molecule has 2 fully saturated rings. The Bertz CT molecular complexity index is 277. The highest BCUT2D eigenvalue weighted by molar-refractivity contribution is 9.11. The predicted molar refractivity (Wildman–Crippen MR) is 65.5 cm³/mol. The molecule has 3 atom stereocenters. The van der Waals surface area contributed by atoms with Crippen LogP contribution in [0.15, 0.2) is 11.1 Å². The Labute approximate surface area is 105 Å². The lowest BCUT2D eigenvalue weighted by Crippen LogP contribution is -2.53. The zero-order chi connectivity index (χ0) is 11.8. The lowest BCUT2D eigenvalue weighted by molar-refractivity contribution is -0.326. The summed E-state index contributed by atoms with van der Waals surface area (Å²) in [6, 6.07) is 0. The summed E-state index contributed by atoms with van der Waals surface area (Å²) in [5.74, 6) is -0.462. The van der Waals surface area contributed by atoms with Crippen LogP contribution < -0.4 is 0 Å². The van der Waals surface area contributed by atoms with E-state index < -0.39 is 5.79 Å². The van der Waals surface area contributed by atoms with Crippen molar-refractivity contribution in [2.45, 2.75) is 57.2 Å². The second kappa shape index (κ2) is 4.77. The Hall–Kier alpha value is 0.1000. The summed E-state index contributed by atoms with van der Waals surface area (Å²) < 4.78 is 18.4. The number of fused-ring (bicyclic) bond motifs is 1. The largest absolute Gasteiger partial charge is 0.370 e. The third-order valence-electron chi connectivity index (χ3n) is 3.03. The van der Waals surface area contributed by atoms with Gasteiger partial charge in [0.05, 0.1) is 18.8 Å².